The Bertz CT molecular complexity index is 924. The van der Waals surface area contributed by atoms with Crippen LogP contribution in [0, 0.1) is 5.82 Å². The lowest BCUT2D eigenvalue weighted by Gasteiger charge is -2.18. The number of esters is 1. The number of carbonyl (C=O) groups excluding carboxylic acids is 2. The maximum atomic E-state index is 13.2. The van der Waals surface area contributed by atoms with Crippen LogP contribution in [0.2, 0.25) is 0 Å². The zero-order chi connectivity index (χ0) is 19.9. The molecule has 0 aliphatic carbocycles. The van der Waals surface area contributed by atoms with Crippen LogP contribution in [-0.2, 0) is 9.53 Å². The smallest absolute Gasteiger partial charge is 0.337 e. The number of hydrogen-bond donors (Lipinski definition) is 1. The predicted octanol–water partition coefficient (Wildman–Crippen LogP) is 3.96. The molecule has 1 N–H and O–H groups in total. The van der Waals surface area contributed by atoms with Crippen LogP contribution in [0.1, 0.15) is 26.8 Å². The standard InChI is InChI=1S/C21H18FNO4S/c1-26-21(25)15-6-10-17(11-7-15)27-13-19(24)23-20(18-3-2-12-28-18)14-4-8-16(22)9-5-14/h2-12,20H,13H2,1H3,(H,23,24)/t20-/m0/s1. The van der Waals surface area contributed by atoms with Gasteiger partial charge in [-0.15, -0.1) is 11.3 Å². The molecule has 0 unspecified atom stereocenters. The zero-order valence-corrected chi connectivity index (χ0v) is 15.9. The first-order valence-corrected chi connectivity index (χ1v) is 9.34. The van der Waals surface area contributed by atoms with E-state index >= 15 is 0 Å². The SMILES string of the molecule is COC(=O)c1ccc(OCC(=O)N[C@@H](c2ccc(F)cc2)c2cccs2)cc1. The van der Waals surface area contributed by atoms with Gasteiger partial charge in [-0.1, -0.05) is 18.2 Å². The summed E-state index contributed by atoms with van der Waals surface area (Å²) in [5.41, 5.74) is 1.17. The van der Waals surface area contributed by atoms with Crippen molar-refractivity contribution in [1.82, 2.24) is 5.32 Å². The summed E-state index contributed by atoms with van der Waals surface area (Å²) >= 11 is 1.50. The van der Waals surface area contributed by atoms with E-state index in [0.717, 1.165) is 10.4 Å². The van der Waals surface area contributed by atoms with Crippen LogP contribution in [0.3, 0.4) is 0 Å². The molecule has 1 atom stereocenters. The summed E-state index contributed by atoms with van der Waals surface area (Å²) < 4.78 is 23.4. The molecule has 144 valence electrons. The van der Waals surface area contributed by atoms with Gasteiger partial charge in [0.2, 0.25) is 0 Å². The van der Waals surface area contributed by atoms with Gasteiger partial charge in [-0.05, 0) is 53.4 Å². The van der Waals surface area contributed by atoms with Gasteiger partial charge in [0, 0.05) is 4.88 Å². The molecular weight excluding hydrogens is 381 g/mol. The highest BCUT2D eigenvalue weighted by Gasteiger charge is 2.18. The van der Waals surface area contributed by atoms with Crippen LogP contribution >= 0.6 is 11.3 Å². The third-order valence-electron chi connectivity index (χ3n) is 3.98. The highest BCUT2D eigenvalue weighted by atomic mass is 32.1. The second-order valence-corrected chi connectivity index (χ2v) is 6.85. The van der Waals surface area contributed by atoms with Gasteiger partial charge in [-0.2, -0.15) is 0 Å². The second kappa shape index (κ2) is 9.14. The number of nitrogens with one attached hydrogen (secondary N) is 1. The third kappa shape index (κ3) is 4.95. The van der Waals surface area contributed by atoms with Crippen molar-refractivity contribution in [3.63, 3.8) is 0 Å². The van der Waals surface area contributed by atoms with E-state index in [4.69, 9.17) is 4.74 Å². The molecule has 0 saturated heterocycles. The lowest BCUT2D eigenvalue weighted by atomic mass is 10.1. The summed E-state index contributed by atoms with van der Waals surface area (Å²) in [6.45, 7) is -0.194. The number of carbonyl (C=O) groups is 2. The Kier molecular flexibility index (Phi) is 6.39. The predicted molar refractivity (Wildman–Crippen MR) is 104 cm³/mol. The second-order valence-electron chi connectivity index (χ2n) is 5.87. The summed E-state index contributed by atoms with van der Waals surface area (Å²) in [6.07, 6.45) is 0. The molecule has 28 heavy (non-hydrogen) atoms. The molecule has 5 nitrogen and oxygen atoms in total. The average molecular weight is 399 g/mol. The molecule has 1 amide bonds. The fraction of sp³-hybridized carbons (Fsp3) is 0.143. The van der Waals surface area contributed by atoms with E-state index in [1.54, 1.807) is 36.4 Å². The van der Waals surface area contributed by atoms with Crippen molar-refractivity contribution in [2.45, 2.75) is 6.04 Å². The Morgan fingerprint density at radius 2 is 1.79 bits per heavy atom. The van der Waals surface area contributed by atoms with Gasteiger partial charge in [0.25, 0.3) is 5.91 Å². The quantitative estimate of drug-likeness (QED) is 0.611. The monoisotopic (exact) mass is 399 g/mol. The van der Waals surface area contributed by atoms with E-state index in [9.17, 15) is 14.0 Å². The minimum atomic E-state index is -0.442. The number of rotatable bonds is 7. The number of ether oxygens (including phenoxy) is 2. The molecule has 1 heterocycles. The normalized spacial score (nSPS) is 11.5. The summed E-state index contributed by atoms with van der Waals surface area (Å²) in [5.74, 6) is -0.641. The molecule has 0 aliphatic heterocycles. The molecule has 2 aromatic carbocycles. The minimum Gasteiger partial charge on any atom is -0.484 e. The van der Waals surface area contributed by atoms with Crippen molar-refractivity contribution < 1.29 is 23.5 Å². The van der Waals surface area contributed by atoms with Crippen molar-refractivity contribution >= 4 is 23.2 Å². The van der Waals surface area contributed by atoms with E-state index in [-0.39, 0.29) is 18.3 Å². The summed E-state index contributed by atoms with van der Waals surface area (Å²) in [4.78, 5) is 24.8. The van der Waals surface area contributed by atoms with Crippen molar-refractivity contribution in [3.05, 3.63) is 87.9 Å². The maximum Gasteiger partial charge on any atom is 0.337 e. The van der Waals surface area contributed by atoms with Gasteiger partial charge in [0.1, 0.15) is 11.6 Å². The molecule has 0 radical (unpaired) electrons. The van der Waals surface area contributed by atoms with Crippen molar-refractivity contribution in [1.29, 1.82) is 0 Å². The molecule has 7 heteroatoms. The average Bonchev–Trinajstić information content (AvgIpc) is 3.25. The molecule has 1 aromatic heterocycles. The number of hydrogen-bond acceptors (Lipinski definition) is 5. The molecule has 0 aliphatic rings. The molecule has 0 bridgehead atoms. The van der Waals surface area contributed by atoms with Crippen LogP contribution in [0.25, 0.3) is 0 Å². The van der Waals surface area contributed by atoms with Gasteiger partial charge in [0.05, 0.1) is 18.7 Å². The maximum absolute atomic E-state index is 13.2. The Morgan fingerprint density at radius 3 is 2.39 bits per heavy atom. The van der Waals surface area contributed by atoms with E-state index in [1.807, 2.05) is 17.5 Å². The molecular formula is C21H18FNO4S. The topological polar surface area (TPSA) is 64.6 Å². The first-order chi connectivity index (χ1) is 13.6. The number of methoxy groups -OCH3 is 1. The minimum absolute atomic E-state index is 0.194. The Balaban J connectivity index is 1.64. The van der Waals surface area contributed by atoms with Crippen LogP contribution in [0.4, 0.5) is 4.39 Å². The zero-order valence-electron chi connectivity index (χ0n) is 15.1. The van der Waals surface area contributed by atoms with E-state index in [2.05, 4.69) is 10.1 Å². The fourth-order valence-corrected chi connectivity index (χ4v) is 3.39. The van der Waals surface area contributed by atoms with Gasteiger partial charge >= 0.3 is 5.97 Å². The highest BCUT2D eigenvalue weighted by Crippen LogP contribution is 2.26. The number of halogens is 1. The highest BCUT2D eigenvalue weighted by molar-refractivity contribution is 7.10. The first kappa shape index (κ1) is 19.6. The number of amides is 1. The Morgan fingerprint density at radius 1 is 1.07 bits per heavy atom. The van der Waals surface area contributed by atoms with Crippen LogP contribution < -0.4 is 10.1 Å². The molecule has 0 saturated carbocycles. The molecule has 3 rings (SSSR count). The Hall–Kier alpha value is -3.19. The lowest BCUT2D eigenvalue weighted by Crippen LogP contribution is -2.32. The lowest BCUT2D eigenvalue weighted by molar-refractivity contribution is -0.123. The molecule has 3 aromatic rings. The van der Waals surface area contributed by atoms with Crippen LogP contribution in [-0.4, -0.2) is 25.6 Å². The van der Waals surface area contributed by atoms with Crippen LogP contribution in [0.5, 0.6) is 5.75 Å². The van der Waals surface area contributed by atoms with Gasteiger partial charge in [-0.25, -0.2) is 9.18 Å². The van der Waals surface area contributed by atoms with E-state index < -0.39 is 12.0 Å². The number of benzene rings is 2. The fourth-order valence-electron chi connectivity index (χ4n) is 2.59. The molecule has 0 fully saturated rings. The van der Waals surface area contributed by atoms with Crippen molar-refractivity contribution in [3.8, 4) is 5.75 Å². The van der Waals surface area contributed by atoms with Gasteiger partial charge in [-0.3, -0.25) is 4.79 Å². The summed E-state index contributed by atoms with van der Waals surface area (Å²) in [7, 11) is 1.31. The van der Waals surface area contributed by atoms with Crippen molar-refractivity contribution in [2.24, 2.45) is 0 Å². The third-order valence-corrected chi connectivity index (χ3v) is 4.92. The van der Waals surface area contributed by atoms with E-state index in [0.29, 0.717) is 11.3 Å². The van der Waals surface area contributed by atoms with Gasteiger partial charge in [0.15, 0.2) is 6.61 Å². The van der Waals surface area contributed by atoms with Crippen LogP contribution in [0.15, 0.2) is 66.0 Å². The molecule has 0 spiro atoms. The first-order valence-electron chi connectivity index (χ1n) is 8.46. The summed E-state index contributed by atoms with van der Waals surface area (Å²) in [6, 6.07) is 15.7. The summed E-state index contributed by atoms with van der Waals surface area (Å²) in [5, 5.41) is 4.83. The van der Waals surface area contributed by atoms with E-state index in [1.165, 1.54) is 30.6 Å². The van der Waals surface area contributed by atoms with Crippen molar-refractivity contribution in [2.75, 3.05) is 13.7 Å². The largest absolute Gasteiger partial charge is 0.484 e. The Labute approximate surface area is 165 Å². The van der Waals surface area contributed by atoms with Gasteiger partial charge < -0.3 is 14.8 Å². The number of thiophene rings is 1.